The molecule has 29 heavy (non-hydrogen) atoms. The molecule has 2 unspecified atom stereocenters. The molecule has 0 saturated heterocycles. The normalized spacial score (nSPS) is 41.1. The van der Waals surface area contributed by atoms with Crippen LogP contribution in [-0.4, -0.2) is 21.9 Å². The molecule has 3 fully saturated rings. The summed E-state index contributed by atoms with van der Waals surface area (Å²) >= 11 is 0. The number of fused-ring (bicyclic) bond motifs is 1. The maximum Gasteiger partial charge on any atom is 0.0591 e. The van der Waals surface area contributed by atoms with Gasteiger partial charge >= 0.3 is 0 Å². The van der Waals surface area contributed by atoms with Crippen molar-refractivity contribution in [2.45, 2.75) is 110 Å². The summed E-state index contributed by atoms with van der Waals surface area (Å²) in [6, 6.07) is 0. The van der Waals surface area contributed by atoms with Crippen LogP contribution in [0.1, 0.15) is 106 Å². The molecule has 2 nitrogen and oxygen atoms in total. The maximum atomic E-state index is 10.6. The van der Waals surface area contributed by atoms with Gasteiger partial charge in [-0.2, -0.15) is 0 Å². The zero-order chi connectivity index (χ0) is 26.2. The third-order valence-corrected chi connectivity index (χ3v) is 8.11. The fourth-order valence-corrected chi connectivity index (χ4v) is 6.49. The van der Waals surface area contributed by atoms with E-state index in [1.807, 2.05) is 0 Å². The Hall–Kier alpha value is -0.860. The molecule has 0 radical (unpaired) electrons. The lowest BCUT2D eigenvalue weighted by Crippen LogP contribution is -2.36. The van der Waals surface area contributed by atoms with Gasteiger partial charge in [0.25, 0.3) is 0 Å². The van der Waals surface area contributed by atoms with E-state index in [2.05, 4.69) is 32.6 Å². The highest BCUT2D eigenvalue weighted by Gasteiger charge is 2.50. The van der Waals surface area contributed by atoms with Gasteiger partial charge in [-0.05, 0) is 100 Å². The first-order chi connectivity index (χ1) is 16.1. The molecule has 0 aliphatic heterocycles. The first-order valence-corrected chi connectivity index (χ1v) is 11.6. The van der Waals surface area contributed by atoms with Crippen molar-refractivity contribution in [3.63, 3.8) is 0 Å². The van der Waals surface area contributed by atoms with Gasteiger partial charge < -0.3 is 10.2 Å². The first-order valence-electron chi connectivity index (χ1n) is 14.6. The topological polar surface area (TPSA) is 40.5 Å². The molecule has 0 aromatic heterocycles. The molecule has 3 aliphatic carbocycles. The van der Waals surface area contributed by atoms with Crippen LogP contribution in [0.5, 0.6) is 0 Å². The second kappa shape index (κ2) is 9.10. The Morgan fingerprint density at radius 3 is 2.83 bits per heavy atom. The number of hydrogen-bond donors (Lipinski definition) is 2. The largest absolute Gasteiger partial charge is 0.393 e. The second-order valence-corrected chi connectivity index (χ2v) is 10.3. The molecule has 164 valence electrons. The minimum Gasteiger partial charge on any atom is -0.393 e. The van der Waals surface area contributed by atoms with E-state index in [0.29, 0.717) is 37.0 Å². The average Bonchev–Trinajstić information content (AvgIpc) is 3.10. The fraction of sp³-hybridized carbons (Fsp3) is 0.778. The summed E-state index contributed by atoms with van der Waals surface area (Å²) in [5.41, 5.74) is 1.32. The monoisotopic (exact) mass is 406 g/mol. The lowest BCUT2D eigenvalue weighted by Gasteiger charge is -2.44. The minimum atomic E-state index is -2.94. The number of rotatable bonds is 6. The van der Waals surface area contributed by atoms with Gasteiger partial charge in [-0.25, -0.2) is 0 Å². The lowest BCUT2D eigenvalue weighted by atomic mass is 9.60. The fourth-order valence-electron chi connectivity index (χ4n) is 6.49. The molecule has 3 rings (SSSR count). The molecule has 0 spiro atoms. The summed E-state index contributed by atoms with van der Waals surface area (Å²) in [5.74, 6) is 1.33. The molecule has 0 amide bonds. The van der Waals surface area contributed by atoms with E-state index >= 15 is 0 Å². The van der Waals surface area contributed by atoms with Crippen LogP contribution < -0.4 is 0 Å². The Bertz CT molecular complexity index is 826. The maximum absolute atomic E-state index is 10.6. The standard InChI is InChI=1S/C27H44O2/c1-19-10-13-23(28)18-22(19)12-11-21-9-7-17-27(5)24(14-15-25(21)27)20(2)8-6-16-26(3,4)29/h11-12,20,23-25,28-29H,1,6-10,13-18H2,2-5H3/b21-11+,22-12-/t20-,23+,24?,25?,27-/m1/s1/i3D3,4D3. The van der Waals surface area contributed by atoms with Crippen LogP contribution in [0, 0.1) is 23.2 Å². The Kier molecular flexibility index (Phi) is 4.98. The summed E-state index contributed by atoms with van der Waals surface area (Å²) in [5, 5.41) is 20.6. The molecule has 5 atom stereocenters. The zero-order valence-electron chi connectivity index (χ0n) is 24.3. The predicted molar refractivity (Wildman–Crippen MR) is 123 cm³/mol. The highest BCUT2D eigenvalue weighted by atomic mass is 16.3. The van der Waals surface area contributed by atoms with Crippen molar-refractivity contribution in [2.75, 3.05) is 0 Å². The highest BCUT2D eigenvalue weighted by molar-refractivity contribution is 5.36. The zero-order valence-corrected chi connectivity index (χ0v) is 18.3. The van der Waals surface area contributed by atoms with Crippen molar-refractivity contribution in [2.24, 2.45) is 23.2 Å². The van der Waals surface area contributed by atoms with E-state index in [1.54, 1.807) is 0 Å². The van der Waals surface area contributed by atoms with Gasteiger partial charge in [-0.1, -0.05) is 56.6 Å². The van der Waals surface area contributed by atoms with E-state index in [0.717, 1.165) is 44.1 Å². The van der Waals surface area contributed by atoms with Gasteiger partial charge in [0, 0.05) is 8.22 Å². The summed E-state index contributed by atoms with van der Waals surface area (Å²) in [6.45, 7) is 2.91. The summed E-state index contributed by atoms with van der Waals surface area (Å²) in [7, 11) is 0. The van der Waals surface area contributed by atoms with Gasteiger partial charge in [-0.3, -0.25) is 0 Å². The molecule has 0 aromatic carbocycles. The predicted octanol–water partition coefficient (Wildman–Crippen LogP) is 6.73. The van der Waals surface area contributed by atoms with E-state index in [4.69, 9.17) is 8.22 Å². The van der Waals surface area contributed by atoms with E-state index < -0.39 is 19.3 Å². The molecule has 2 N–H and O–H groups in total. The molecule has 3 saturated carbocycles. The number of aliphatic hydroxyl groups is 2. The van der Waals surface area contributed by atoms with Crippen molar-refractivity contribution in [1.29, 1.82) is 0 Å². The van der Waals surface area contributed by atoms with Gasteiger partial charge in [0.1, 0.15) is 0 Å². The third-order valence-electron chi connectivity index (χ3n) is 8.11. The first kappa shape index (κ1) is 15.9. The van der Waals surface area contributed by atoms with E-state index in [-0.39, 0.29) is 17.9 Å². The number of aliphatic hydroxyl groups excluding tert-OH is 1. The van der Waals surface area contributed by atoms with Crippen molar-refractivity contribution in [1.82, 2.24) is 0 Å². The summed E-state index contributed by atoms with van der Waals surface area (Å²) in [4.78, 5) is 0. The molecular formula is C27H44O2. The Morgan fingerprint density at radius 2 is 2.07 bits per heavy atom. The Labute approximate surface area is 187 Å². The van der Waals surface area contributed by atoms with Gasteiger partial charge in [0.15, 0.2) is 0 Å². The molecule has 0 bridgehead atoms. The van der Waals surface area contributed by atoms with Crippen molar-refractivity contribution >= 4 is 0 Å². The van der Waals surface area contributed by atoms with Crippen molar-refractivity contribution in [3.8, 4) is 0 Å². The van der Waals surface area contributed by atoms with E-state index in [9.17, 15) is 10.2 Å². The number of allylic oxidation sites excluding steroid dienone is 4. The third kappa shape index (κ3) is 5.44. The number of hydrogen-bond acceptors (Lipinski definition) is 2. The van der Waals surface area contributed by atoms with Crippen LogP contribution in [0.4, 0.5) is 0 Å². The summed E-state index contributed by atoms with van der Waals surface area (Å²) < 4.78 is 45.6. The highest BCUT2D eigenvalue weighted by Crippen LogP contribution is 2.60. The molecular weight excluding hydrogens is 356 g/mol. The van der Waals surface area contributed by atoms with Crippen LogP contribution in [0.15, 0.2) is 35.5 Å². The molecule has 0 aromatic rings. The average molecular weight is 407 g/mol. The van der Waals surface area contributed by atoms with Gasteiger partial charge in [-0.15, -0.1) is 0 Å². The second-order valence-electron chi connectivity index (χ2n) is 10.3. The van der Waals surface area contributed by atoms with Crippen LogP contribution in [0.25, 0.3) is 0 Å². The molecule has 2 heteroatoms. The smallest absolute Gasteiger partial charge is 0.0591 e. The SMILES string of the molecule is [2H]C([2H])([2H])C(O)(CCC[C@@H](C)C1CCC2/C(=C/C=C3/C[C@@H](O)CCC3=C)CCC[C@@]21C)C([2H])([2H])[2H]. The Morgan fingerprint density at radius 1 is 1.28 bits per heavy atom. The van der Waals surface area contributed by atoms with Crippen LogP contribution in [0.3, 0.4) is 0 Å². The lowest BCUT2D eigenvalue weighted by molar-refractivity contribution is 0.0596. The van der Waals surface area contributed by atoms with E-state index in [1.165, 1.54) is 17.6 Å². The van der Waals surface area contributed by atoms with Crippen molar-refractivity contribution in [3.05, 3.63) is 35.5 Å². The molecule has 3 aliphatic rings. The van der Waals surface area contributed by atoms with Gasteiger partial charge in [0.05, 0.1) is 11.7 Å². The summed E-state index contributed by atoms with van der Waals surface area (Å²) in [6.07, 6.45) is 13.1. The van der Waals surface area contributed by atoms with Crippen LogP contribution >= 0.6 is 0 Å². The van der Waals surface area contributed by atoms with Crippen molar-refractivity contribution < 1.29 is 18.4 Å². The van der Waals surface area contributed by atoms with Gasteiger partial charge in [0.2, 0.25) is 0 Å². The minimum absolute atomic E-state index is 0.176. The quantitative estimate of drug-likeness (QED) is 0.513. The van der Waals surface area contributed by atoms with Crippen LogP contribution in [0.2, 0.25) is 0 Å². The molecule has 0 heterocycles. The van der Waals surface area contributed by atoms with Crippen LogP contribution in [-0.2, 0) is 0 Å². The Balaban J connectivity index is 1.68.